The van der Waals surface area contributed by atoms with Gasteiger partial charge >= 0.3 is 0 Å². The molecule has 1 heterocycles. The van der Waals surface area contributed by atoms with Crippen LogP contribution < -0.4 is 4.90 Å². The number of anilines is 1. The van der Waals surface area contributed by atoms with Crippen LogP contribution in [0.2, 0.25) is 0 Å². The molecule has 1 aliphatic rings. The van der Waals surface area contributed by atoms with Crippen molar-refractivity contribution in [2.45, 2.75) is 19.4 Å². The standard InChI is InChI=1S/C11H14N2/c1-11(2)8-12-9-13(11)10-6-4-3-5-7-10/h3-7,9H,8H2,1-2H3. The highest BCUT2D eigenvalue weighted by Gasteiger charge is 2.29. The third-order valence-electron chi connectivity index (χ3n) is 2.36. The molecule has 1 aliphatic heterocycles. The quantitative estimate of drug-likeness (QED) is 0.638. The predicted octanol–water partition coefficient (Wildman–Crippen LogP) is 2.31. The van der Waals surface area contributed by atoms with Gasteiger partial charge < -0.3 is 4.90 Å². The van der Waals surface area contributed by atoms with E-state index in [0.29, 0.717) is 0 Å². The van der Waals surface area contributed by atoms with Crippen molar-refractivity contribution in [1.29, 1.82) is 0 Å². The fraction of sp³-hybridized carbons (Fsp3) is 0.364. The Bertz CT molecular complexity index is 314. The third-order valence-corrected chi connectivity index (χ3v) is 2.36. The summed E-state index contributed by atoms with van der Waals surface area (Å²) in [5.41, 5.74) is 1.34. The first kappa shape index (κ1) is 8.30. The van der Waals surface area contributed by atoms with Crippen molar-refractivity contribution in [1.82, 2.24) is 0 Å². The van der Waals surface area contributed by atoms with Crippen LogP contribution in [0.15, 0.2) is 35.3 Å². The zero-order chi connectivity index (χ0) is 9.31. The molecule has 0 radical (unpaired) electrons. The second-order valence-electron chi connectivity index (χ2n) is 3.97. The van der Waals surface area contributed by atoms with Crippen LogP contribution in [-0.2, 0) is 0 Å². The number of benzene rings is 1. The van der Waals surface area contributed by atoms with Crippen LogP contribution in [0.5, 0.6) is 0 Å². The summed E-state index contributed by atoms with van der Waals surface area (Å²) < 4.78 is 0. The van der Waals surface area contributed by atoms with Crippen molar-refractivity contribution < 1.29 is 0 Å². The number of aliphatic imine (C=N–C) groups is 1. The van der Waals surface area contributed by atoms with Crippen molar-refractivity contribution in [2.75, 3.05) is 11.4 Å². The molecule has 0 atom stereocenters. The van der Waals surface area contributed by atoms with Gasteiger partial charge in [-0.25, -0.2) is 0 Å². The van der Waals surface area contributed by atoms with E-state index in [0.717, 1.165) is 6.54 Å². The SMILES string of the molecule is CC1(C)CN=CN1c1ccccc1. The molecular weight excluding hydrogens is 160 g/mol. The van der Waals surface area contributed by atoms with E-state index in [9.17, 15) is 0 Å². The molecule has 1 aromatic rings. The molecule has 13 heavy (non-hydrogen) atoms. The van der Waals surface area contributed by atoms with Crippen molar-refractivity contribution in [3.05, 3.63) is 30.3 Å². The fourth-order valence-electron chi connectivity index (χ4n) is 1.58. The maximum atomic E-state index is 4.29. The molecule has 0 N–H and O–H groups in total. The first-order chi connectivity index (χ1) is 6.20. The molecule has 1 aromatic carbocycles. The van der Waals surface area contributed by atoms with E-state index in [1.165, 1.54) is 5.69 Å². The number of hydrogen-bond donors (Lipinski definition) is 0. The molecular formula is C11H14N2. The molecule has 0 saturated heterocycles. The van der Waals surface area contributed by atoms with Gasteiger partial charge in [0.1, 0.15) is 0 Å². The van der Waals surface area contributed by atoms with Gasteiger partial charge in [0.05, 0.1) is 18.4 Å². The topological polar surface area (TPSA) is 15.6 Å². The summed E-state index contributed by atoms with van der Waals surface area (Å²) in [7, 11) is 0. The Hall–Kier alpha value is -1.31. The fourth-order valence-corrected chi connectivity index (χ4v) is 1.58. The van der Waals surface area contributed by atoms with E-state index in [1.807, 2.05) is 12.4 Å². The Morgan fingerprint density at radius 1 is 1.23 bits per heavy atom. The van der Waals surface area contributed by atoms with Gasteiger partial charge in [-0.15, -0.1) is 0 Å². The Kier molecular flexibility index (Phi) is 1.83. The number of nitrogens with zero attached hydrogens (tertiary/aromatic N) is 2. The van der Waals surface area contributed by atoms with E-state index in [2.05, 4.69) is 48.0 Å². The largest absolute Gasteiger partial charge is 0.325 e. The zero-order valence-electron chi connectivity index (χ0n) is 8.07. The van der Waals surface area contributed by atoms with Crippen LogP contribution in [0, 0.1) is 0 Å². The molecule has 0 unspecified atom stereocenters. The smallest absolute Gasteiger partial charge is 0.0901 e. The molecule has 2 heteroatoms. The third kappa shape index (κ3) is 1.44. The molecule has 2 rings (SSSR count). The summed E-state index contributed by atoms with van der Waals surface area (Å²) in [6.45, 7) is 5.28. The van der Waals surface area contributed by atoms with Crippen LogP contribution >= 0.6 is 0 Å². The minimum atomic E-state index is 0.126. The second kappa shape index (κ2) is 2.87. The normalized spacial score (nSPS) is 19.4. The average molecular weight is 174 g/mol. The van der Waals surface area contributed by atoms with Crippen LogP contribution in [-0.4, -0.2) is 18.4 Å². The van der Waals surface area contributed by atoms with Gasteiger partial charge in [-0.1, -0.05) is 18.2 Å². The Morgan fingerprint density at radius 3 is 2.46 bits per heavy atom. The summed E-state index contributed by atoms with van der Waals surface area (Å²) >= 11 is 0. The summed E-state index contributed by atoms with van der Waals surface area (Å²) in [6, 6.07) is 10.4. The lowest BCUT2D eigenvalue weighted by Crippen LogP contribution is -2.40. The molecule has 0 aromatic heterocycles. The summed E-state index contributed by atoms with van der Waals surface area (Å²) in [5, 5.41) is 0. The maximum absolute atomic E-state index is 4.29. The molecule has 2 nitrogen and oxygen atoms in total. The first-order valence-electron chi connectivity index (χ1n) is 4.54. The van der Waals surface area contributed by atoms with Gasteiger partial charge in [0, 0.05) is 5.69 Å². The van der Waals surface area contributed by atoms with Crippen LogP contribution in [0.4, 0.5) is 5.69 Å². The van der Waals surface area contributed by atoms with E-state index in [4.69, 9.17) is 0 Å². The van der Waals surface area contributed by atoms with Gasteiger partial charge in [0.2, 0.25) is 0 Å². The first-order valence-corrected chi connectivity index (χ1v) is 4.54. The Morgan fingerprint density at radius 2 is 1.92 bits per heavy atom. The van der Waals surface area contributed by atoms with E-state index in [-0.39, 0.29) is 5.54 Å². The van der Waals surface area contributed by atoms with E-state index >= 15 is 0 Å². The summed E-state index contributed by atoms with van der Waals surface area (Å²) in [4.78, 5) is 6.51. The highest BCUT2D eigenvalue weighted by molar-refractivity contribution is 5.83. The molecule has 0 bridgehead atoms. The lowest BCUT2D eigenvalue weighted by atomic mass is 10.0. The number of hydrogen-bond acceptors (Lipinski definition) is 2. The van der Waals surface area contributed by atoms with E-state index < -0.39 is 0 Å². The highest BCUT2D eigenvalue weighted by atomic mass is 15.3. The van der Waals surface area contributed by atoms with Gasteiger partial charge in [0.15, 0.2) is 0 Å². The minimum Gasteiger partial charge on any atom is -0.325 e. The van der Waals surface area contributed by atoms with Crippen LogP contribution in [0.1, 0.15) is 13.8 Å². The number of para-hydroxylation sites is 1. The predicted molar refractivity (Wildman–Crippen MR) is 56.4 cm³/mol. The maximum Gasteiger partial charge on any atom is 0.0901 e. The lowest BCUT2D eigenvalue weighted by molar-refractivity contribution is 0.559. The Labute approximate surface area is 78.9 Å². The molecule has 0 saturated carbocycles. The Balaban J connectivity index is 2.32. The van der Waals surface area contributed by atoms with E-state index in [1.54, 1.807) is 0 Å². The van der Waals surface area contributed by atoms with Gasteiger partial charge in [-0.3, -0.25) is 4.99 Å². The van der Waals surface area contributed by atoms with Crippen molar-refractivity contribution in [3.63, 3.8) is 0 Å². The zero-order valence-corrected chi connectivity index (χ0v) is 8.07. The second-order valence-corrected chi connectivity index (χ2v) is 3.97. The number of rotatable bonds is 1. The van der Waals surface area contributed by atoms with Crippen molar-refractivity contribution >= 4 is 12.0 Å². The van der Waals surface area contributed by atoms with Crippen LogP contribution in [0.25, 0.3) is 0 Å². The summed E-state index contributed by atoms with van der Waals surface area (Å²) in [6.07, 6.45) is 1.93. The van der Waals surface area contributed by atoms with Gasteiger partial charge in [-0.2, -0.15) is 0 Å². The minimum absolute atomic E-state index is 0.126. The molecule has 0 aliphatic carbocycles. The van der Waals surface area contributed by atoms with Gasteiger partial charge in [-0.05, 0) is 26.0 Å². The monoisotopic (exact) mass is 174 g/mol. The molecule has 0 fully saturated rings. The molecule has 68 valence electrons. The molecule has 0 amide bonds. The van der Waals surface area contributed by atoms with Gasteiger partial charge in [0.25, 0.3) is 0 Å². The lowest BCUT2D eigenvalue weighted by Gasteiger charge is -2.30. The summed E-state index contributed by atoms with van der Waals surface area (Å²) in [5.74, 6) is 0. The van der Waals surface area contributed by atoms with Crippen LogP contribution in [0.3, 0.4) is 0 Å². The average Bonchev–Trinajstić information content (AvgIpc) is 2.47. The van der Waals surface area contributed by atoms with Crippen molar-refractivity contribution in [2.24, 2.45) is 4.99 Å². The van der Waals surface area contributed by atoms with Crippen molar-refractivity contribution in [3.8, 4) is 0 Å². The highest BCUT2D eigenvalue weighted by Crippen LogP contribution is 2.25. The molecule has 0 spiro atoms.